The first-order chi connectivity index (χ1) is 16.2. The first-order valence-electron chi connectivity index (χ1n) is 10.6. The number of aromatic nitrogens is 1. The lowest BCUT2D eigenvalue weighted by molar-refractivity contribution is -0.138. The molecule has 0 N–H and O–H groups in total. The zero-order valence-electron chi connectivity index (χ0n) is 17.7. The molecule has 1 saturated carbocycles. The van der Waals surface area contributed by atoms with Crippen LogP contribution in [0, 0.1) is 11.3 Å². The molecule has 1 amide bonds. The molecule has 2 fully saturated rings. The number of cyclic esters (lactones) is 1. The van der Waals surface area contributed by atoms with Crippen LogP contribution >= 0.6 is 12.2 Å². The normalized spacial score (nSPS) is 19.4. The van der Waals surface area contributed by atoms with Crippen molar-refractivity contribution in [2.24, 2.45) is 0 Å². The van der Waals surface area contributed by atoms with E-state index in [0.29, 0.717) is 29.7 Å². The van der Waals surface area contributed by atoms with Gasteiger partial charge in [0.2, 0.25) is 0 Å². The van der Waals surface area contributed by atoms with Crippen molar-refractivity contribution >= 4 is 40.6 Å². The van der Waals surface area contributed by atoms with Gasteiger partial charge in [-0.1, -0.05) is 19.3 Å². The zero-order chi connectivity index (χ0) is 24.3. The van der Waals surface area contributed by atoms with Gasteiger partial charge < -0.3 is 9.64 Å². The molecule has 2 aromatic rings. The van der Waals surface area contributed by atoms with Gasteiger partial charge in [-0.25, -0.2) is 9.78 Å². The molecule has 0 atom stereocenters. The maximum absolute atomic E-state index is 13.8. The summed E-state index contributed by atoms with van der Waals surface area (Å²) < 4.78 is 45.8. The average Bonchev–Trinajstić information content (AvgIpc) is 3.28. The number of benzene rings is 1. The van der Waals surface area contributed by atoms with Gasteiger partial charge in [0.1, 0.15) is 18.2 Å². The summed E-state index contributed by atoms with van der Waals surface area (Å²) in [6.07, 6.45) is -0.371. The van der Waals surface area contributed by atoms with Crippen molar-refractivity contribution < 1.29 is 27.5 Å². The molecule has 3 heterocycles. The second-order valence-electron chi connectivity index (χ2n) is 8.47. The summed E-state index contributed by atoms with van der Waals surface area (Å²) in [6, 6.07) is 7.20. The predicted octanol–water partition coefficient (Wildman–Crippen LogP) is 4.48. The average molecular weight is 486 g/mol. The number of anilines is 2. The van der Waals surface area contributed by atoms with E-state index in [9.17, 15) is 22.8 Å². The number of hydrogen-bond donors (Lipinski definition) is 0. The minimum Gasteiger partial charge on any atom is -0.457 e. The van der Waals surface area contributed by atoms with Crippen LogP contribution in [0.1, 0.15) is 59.3 Å². The minimum absolute atomic E-state index is 0.0247. The Morgan fingerprint density at radius 1 is 1.12 bits per heavy atom. The summed E-state index contributed by atoms with van der Waals surface area (Å²) in [5.74, 6) is -0.858. The highest BCUT2D eigenvalue weighted by molar-refractivity contribution is 7.81. The fraction of sp³-hybridized carbons (Fsp3) is 0.348. The molecule has 3 aliphatic rings. The molecule has 1 aliphatic carbocycles. The van der Waals surface area contributed by atoms with Crippen LogP contribution in [0.2, 0.25) is 0 Å². The molecule has 0 radical (unpaired) electrons. The molecule has 1 saturated heterocycles. The second kappa shape index (κ2) is 7.77. The lowest BCUT2D eigenvalue weighted by Crippen LogP contribution is -2.51. The van der Waals surface area contributed by atoms with E-state index in [-0.39, 0.29) is 17.4 Å². The number of nitrogens with zero attached hydrogens (tertiary/aromatic N) is 4. The van der Waals surface area contributed by atoms with Crippen molar-refractivity contribution in [3.05, 3.63) is 52.8 Å². The summed E-state index contributed by atoms with van der Waals surface area (Å²) in [5, 5.41) is 9.09. The minimum atomic E-state index is -4.83. The van der Waals surface area contributed by atoms with Gasteiger partial charge in [0.05, 0.1) is 23.0 Å². The lowest BCUT2D eigenvalue weighted by atomic mass is 9.80. The van der Waals surface area contributed by atoms with Crippen LogP contribution in [0.25, 0.3) is 0 Å². The number of fused-ring (bicyclic) bond motifs is 1. The van der Waals surface area contributed by atoms with Gasteiger partial charge in [0.25, 0.3) is 5.91 Å². The summed E-state index contributed by atoms with van der Waals surface area (Å²) in [5.41, 5.74) is -1.55. The van der Waals surface area contributed by atoms with Crippen molar-refractivity contribution in [2.45, 2.75) is 50.4 Å². The first-order valence-corrected chi connectivity index (χ1v) is 11.0. The predicted molar refractivity (Wildman–Crippen MR) is 118 cm³/mol. The first kappa shape index (κ1) is 22.3. The van der Waals surface area contributed by atoms with E-state index in [1.54, 1.807) is 23.1 Å². The van der Waals surface area contributed by atoms with Crippen LogP contribution in [0.4, 0.5) is 24.5 Å². The Bertz CT molecular complexity index is 1280. The number of esters is 1. The SMILES string of the molecule is N#Cc1ncc(N2C(=O)C3(CCCCC3)N(c3ccc4c(c3)COC4=O)C2=S)cc1C(F)(F)F. The monoisotopic (exact) mass is 486 g/mol. The van der Waals surface area contributed by atoms with Crippen molar-refractivity contribution in [1.29, 1.82) is 5.26 Å². The molecule has 5 rings (SSSR count). The number of halogens is 3. The third-order valence-corrected chi connectivity index (χ3v) is 6.93. The van der Waals surface area contributed by atoms with Crippen molar-refractivity contribution in [2.75, 3.05) is 9.80 Å². The second-order valence-corrected chi connectivity index (χ2v) is 8.83. The van der Waals surface area contributed by atoms with Gasteiger partial charge in [0.15, 0.2) is 10.8 Å². The quantitative estimate of drug-likeness (QED) is 0.457. The molecule has 1 aromatic carbocycles. The lowest BCUT2D eigenvalue weighted by Gasteiger charge is -2.39. The van der Waals surface area contributed by atoms with Crippen LogP contribution in [0.15, 0.2) is 30.5 Å². The van der Waals surface area contributed by atoms with Gasteiger partial charge in [-0.05, 0) is 49.3 Å². The van der Waals surface area contributed by atoms with Gasteiger partial charge >= 0.3 is 12.1 Å². The number of ether oxygens (including phenoxy) is 1. The molecule has 1 spiro atoms. The van der Waals surface area contributed by atoms with Crippen LogP contribution in [0.3, 0.4) is 0 Å². The molecule has 0 bridgehead atoms. The Hall–Kier alpha value is -3.52. The van der Waals surface area contributed by atoms with E-state index >= 15 is 0 Å². The number of carbonyl (C=O) groups excluding carboxylic acids is 2. The van der Waals surface area contributed by atoms with Gasteiger partial charge in [-0.3, -0.25) is 9.69 Å². The number of pyridine rings is 1. The molecule has 11 heteroatoms. The van der Waals surface area contributed by atoms with Gasteiger partial charge in [0, 0.05) is 11.3 Å². The Kier molecular flexibility index (Phi) is 5.09. The maximum Gasteiger partial charge on any atom is 0.419 e. The van der Waals surface area contributed by atoms with E-state index in [4.69, 9.17) is 22.2 Å². The number of nitriles is 1. The molecule has 7 nitrogen and oxygen atoms in total. The van der Waals surface area contributed by atoms with Crippen molar-refractivity contribution in [3.63, 3.8) is 0 Å². The highest BCUT2D eigenvalue weighted by atomic mass is 32.1. The van der Waals surface area contributed by atoms with E-state index in [1.165, 1.54) is 6.07 Å². The number of alkyl halides is 3. The highest BCUT2D eigenvalue weighted by Crippen LogP contribution is 2.46. The third-order valence-electron chi connectivity index (χ3n) is 6.56. The van der Waals surface area contributed by atoms with E-state index in [1.807, 2.05) is 0 Å². The van der Waals surface area contributed by atoms with Gasteiger partial charge in [-0.2, -0.15) is 18.4 Å². The Labute approximate surface area is 197 Å². The Morgan fingerprint density at radius 3 is 2.53 bits per heavy atom. The van der Waals surface area contributed by atoms with Crippen molar-refractivity contribution in [1.82, 2.24) is 4.98 Å². The van der Waals surface area contributed by atoms with Crippen LogP contribution in [0.5, 0.6) is 0 Å². The summed E-state index contributed by atoms with van der Waals surface area (Å²) >= 11 is 5.66. The fourth-order valence-corrected chi connectivity index (χ4v) is 5.44. The number of amides is 1. The molecule has 1 aromatic heterocycles. The van der Waals surface area contributed by atoms with Crippen molar-refractivity contribution in [3.8, 4) is 6.07 Å². The van der Waals surface area contributed by atoms with Crippen LogP contribution in [-0.2, 0) is 22.3 Å². The van der Waals surface area contributed by atoms with Crippen LogP contribution in [-0.4, -0.2) is 27.5 Å². The maximum atomic E-state index is 13.8. The number of carbonyl (C=O) groups is 2. The molecular formula is C23H17F3N4O3S. The number of hydrogen-bond acceptors (Lipinski definition) is 6. The number of thiocarbonyl (C=S) groups is 1. The van der Waals surface area contributed by atoms with E-state index in [0.717, 1.165) is 36.4 Å². The highest BCUT2D eigenvalue weighted by Gasteiger charge is 2.57. The zero-order valence-corrected chi connectivity index (χ0v) is 18.5. The fourth-order valence-electron chi connectivity index (χ4n) is 4.97. The molecule has 174 valence electrons. The van der Waals surface area contributed by atoms with Crippen LogP contribution < -0.4 is 9.80 Å². The van der Waals surface area contributed by atoms with Gasteiger partial charge in [-0.15, -0.1) is 0 Å². The number of rotatable bonds is 2. The largest absolute Gasteiger partial charge is 0.457 e. The van der Waals surface area contributed by atoms with E-state index in [2.05, 4.69) is 4.98 Å². The Morgan fingerprint density at radius 2 is 1.85 bits per heavy atom. The summed E-state index contributed by atoms with van der Waals surface area (Å²) in [6.45, 7) is 0.0990. The topological polar surface area (TPSA) is 86.5 Å². The molecule has 0 unspecified atom stereocenters. The molecule has 34 heavy (non-hydrogen) atoms. The summed E-state index contributed by atoms with van der Waals surface area (Å²) in [7, 11) is 0. The standard InChI is InChI=1S/C23H17F3N4O3S/c24-23(25,26)17-9-15(11-28-18(17)10-27)29-20(32)22(6-2-1-3-7-22)30(21(29)34)14-4-5-16-13(8-14)12-33-19(16)31/h4-5,8-9,11H,1-3,6-7,12H2. The summed E-state index contributed by atoms with van der Waals surface area (Å²) in [4.78, 5) is 32.1. The smallest absolute Gasteiger partial charge is 0.419 e. The molecular weight excluding hydrogens is 469 g/mol. The molecule has 2 aliphatic heterocycles. The van der Waals surface area contributed by atoms with E-state index < -0.39 is 34.8 Å². The third kappa shape index (κ3) is 3.24. The Balaban J connectivity index is 1.63.